The van der Waals surface area contributed by atoms with Crippen LogP contribution < -0.4 is 15.5 Å². The number of carbonyl (C=O) groups is 2. The highest BCUT2D eigenvalue weighted by molar-refractivity contribution is 6.39. The minimum absolute atomic E-state index is 0.135. The summed E-state index contributed by atoms with van der Waals surface area (Å²) in [6.45, 7) is 1.54. The van der Waals surface area contributed by atoms with E-state index in [2.05, 4.69) is 20.6 Å². The van der Waals surface area contributed by atoms with Crippen LogP contribution in [0.25, 0.3) is 0 Å². The molecular weight excluding hydrogens is 382 g/mol. The zero-order chi connectivity index (χ0) is 20.8. The molecule has 0 bridgehead atoms. The summed E-state index contributed by atoms with van der Waals surface area (Å²) in [6.07, 6.45) is 4.44. The van der Waals surface area contributed by atoms with E-state index in [1.54, 1.807) is 0 Å². The standard InChI is InChI=1S/C19H18F2N6O2/c20-13-1-2-14(21)15(9-13)26-19(29)18(28)25-11-12-3-7-27(8-4-12)17-16(10-22)23-5-6-24-17/h1-2,5-6,9,12H,3-4,7-8,11H2,(H,25,28)(H,26,29). The molecule has 2 heterocycles. The van der Waals surface area contributed by atoms with Crippen molar-refractivity contribution in [3.8, 4) is 6.07 Å². The predicted octanol–water partition coefficient (Wildman–Crippen LogP) is 1.60. The van der Waals surface area contributed by atoms with E-state index in [-0.39, 0.29) is 18.2 Å². The fraction of sp³-hybridized carbons (Fsp3) is 0.316. The Labute approximate surface area is 165 Å². The molecule has 1 aromatic heterocycles. The maximum Gasteiger partial charge on any atom is 0.313 e. The lowest BCUT2D eigenvalue weighted by Crippen LogP contribution is -2.42. The van der Waals surface area contributed by atoms with Gasteiger partial charge in [0.15, 0.2) is 11.5 Å². The second-order valence-corrected chi connectivity index (χ2v) is 6.56. The first-order chi connectivity index (χ1) is 14.0. The summed E-state index contributed by atoms with van der Waals surface area (Å²) in [5, 5.41) is 13.7. The van der Waals surface area contributed by atoms with Crippen LogP contribution in [0.4, 0.5) is 20.3 Å². The SMILES string of the molecule is N#Cc1nccnc1N1CCC(CNC(=O)C(=O)Nc2cc(F)ccc2F)CC1. The maximum absolute atomic E-state index is 13.6. The number of rotatable bonds is 4. The van der Waals surface area contributed by atoms with E-state index in [9.17, 15) is 18.4 Å². The molecule has 150 valence electrons. The number of nitriles is 1. The number of benzene rings is 1. The van der Waals surface area contributed by atoms with Crippen molar-refractivity contribution < 1.29 is 18.4 Å². The normalized spacial score (nSPS) is 14.2. The van der Waals surface area contributed by atoms with Gasteiger partial charge in [0.2, 0.25) is 0 Å². The molecule has 0 unspecified atom stereocenters. The number of nitrogens with zero attached hydrogens (tertiary/aromatic N) is 4. The van der Waals surface area contributed by atoms with E-state index in [1.165, 1.54) is 12.4 Å². The molecule has 1 fully saturated rings. The van der Waals surface area contributed by atoms with Crippen LogP contribution in [0.1, 0.15) is 18.5 Å². The van der Waals surface area contributed by atoms with Gasteiger partial charge in [0, 0.05) is 38.1 Å². The Bertz CT molecular complexity index is 954. The molecule has 1 aliphatic heterocycles. The first-order valence-electron chi connectivity index (χ1n) is 8.98. The summed E-state index contributed by atoms with van der Waals surface area (Å²) in [6, 6.07) is 4.60. The Morgan fingerprint density at radius 1 is 1.17 bits per heavy atom. The van der Waals surface area contributed by atoms with Gasteiger partial charge in [-0.15, -0.1) is 0 Å². The lowest BCUT2D eigenvalue weighted by molar-refractivity contribution is -0.136. The van der Waals surface area contributed by atoms with Crippen molar-refractivity contribution >= 4 is 23.3 Å². The third-order valence-corrected chi connectivity index (χ3v) is 4.63. The van der Waals surface area contributed by atoms with Crippen LogP contribution in [0.3, 0.4) is 0 Å². The van der Waals surface area contributed by atoms with Crippen LogP contribution in [0, 0.1) is 28.9 Å². The van der Waals surface area contributed by atoms with Crippen molar-refractivity contribution in [1.82, 2.24) is 15.3 Å². The van der Waals surface area contributed by atoms with Crippen molar-refractivity contribution in [2.45, 2.75) is 12.8 Å². The largest absolute Gasteiger partial charge is 0.354 e. The minimum atomic E-state index is -1.06. The molecule has 10 heteroatoms. The molecule has 29 heavy (non-hydrogen) atoms. The molecule has 0 spiro atoms. The zero-order valence-corrected chi connectivity index (χ0v) is 15.4. The van der Waals surface area contributed by atoms with Crippen molar-refractivity contribution in [3.05, 3.63) is 47.9 Å². The molecule has 0 atom stereocenters. The Kier molecular flexibility index (Phi) is 6.29. The Morgan fingerprint density at radius 3 is 2.62 bits per heavy atom. The van der Waals surface area contributed by atoms with Gasteiger partial charge >= 0.3 is 11.8 Å². The molecule has 8 nitrogen and oxygen atoms in total. The van der Waals surface area contributed by atoms with E-state index in [1.807, 2.05) is 11.0 Å². The number of amides is 2. The van der Waals surface area contributed by atoms with Crippen LogP contribution in [0.15, 0.2) is 30.6 Å². The summed E-state index contributed by atoms with van der Waals surface area (Å²) in [5.74, 6) is -2.87. The first-order valence-corrected chi connectivity index (χ1v) is 8.98. The number of carbonyl (C=O) groups excluding carboxylic acids is 2. The topological polar surface area (TPSA) is 111 Å². The van der Waals surface area contributed by atoms with Gasteiger partial charge in [-0.1, -0.05) is 0 Å². The highest BCUT2D eigenvalue weighted by atomic mass is 19.1. The fourth-order valence-corrected chi connectivity index (χ4v) is 3.08. The van der Waals surface area contributed by atoms with Gasteiger partial charge in [-0.05, 0) is 30.9 Å². The molecule has 1 aliphatic rings. The monoisotopic (exact) mass is 400 g/mol. The van der Waals surface area contributed by atoms with E-state index in [0.29, 0.717) is 18.9 Å². The maximum atomic E-state index is 13.6. The second-order valence-electron chi connectivity index (χ2n) is 6.56. The van der Waals surface area contributed by atoms with E-state index in [0.717, 1.165) is 31.0 Å². The van der Waals surface area contributed by atoms with Crippen molar-refractivity contribution in [2.75, 3.05) is 29.9 Å². The fourth-order valence-electron chi connectivity index (χ4n) is 3.08. The number of nitrogens with one attached hydrogen (secondary N) is 2. The van der Waals surface area contributed by atoms with E-state index in [4.69, 9.17) is 5.26 Å². The van der Waals surface area contributed by atoms with Gasteiger partial charge in [0.1, 0.15) is 17.7 Å². The Hall–Kier alpha value is -3.61. The van der Waals surface area contributed by atoms with Gasteiger partial charge in [0.25, 0.3) is 0 Å². The summed E-state index contributed by atoms with van der Waals surface area (Å²) in [7, 11) is 0. The minimum Gasteiger partial charge on any atom is -0.354 e. The summed E-state index contributed by atoms with van der Waals surface area (Å²) in [4.78, 5) is 34.0. The lowest BCUT2D eigenvalue weighted by Gasteiger charge is -2.32. The van der Waals surface area contributed by atoms with Crippen LogP contribution in [0.5, 0.6) is 0 Å². The molecule has 2 amide bonds. The van der Waals surface area contributed by atoms with Crippen LogP contribution in [-0.2, 0) is 9.59 Å². The molecule has 2 N–H and O–H groups in total. The molecule has 1 aromatic carbocycles. The average molecular weight is 400 g/mol. The van der Waals surface area contributed by atoms with Crippen molar-refractivity contribution in [1.29, 1.82) is 5.26 Å². The average Bonchev–Trinajstić information content (AvgIpc) is 2.74. The quantitative estimate of drug-likeness (QED) is 0.754. The molecule has 0 saturated carbocycles. The van der Waals surface area contributed by atoms with Crippen LogP contribution >= 0.6 is 0 Å². The third kappa shape index (κ3) is 5.01. The van der Waals surface area contributed by atoms with Gasteiger partial charge in [0.05, 0.1) is 5.69 Å². The van der Waals surface area contributed by atoms with E-state index >= 15 is 0 Å². The second kappa shape index (κ2) is 9.05. The molecule has 2 aromatic rings. The third-order valence-electron chi connectivity index (χ3n) is 4.63. The molecule has 1 saturated heterocycles. The summed E-state index contributed by atoms with van der Waals surface area (Å²) in [5.41, 5.74) is -0.128. The zero-order valence-electron chi connectivity index (χ0n) is 15.4. The number of hydrogen-bond donors (Lipinski definition) is 2. The highest BCUT2D eigenvalue weighted by Gasteiger charge is 2.24. The smallest absolute Gasteiger partial charge is 0.313 e. The van der Waals surface area contributed by atoms with Crippen LogP contribution in [0.2, 0.25) is 0 Å². The van der Waals surface area contributed by atoms with Gasteiger partial charge < -0.3 is 15.5 Å². The molecule has 0 radical (unpaired) electrons. The molecular formula is C19H18F2N6O2. The molecule has 3 rings (SSSR count). The number of halogens is 2. The van der Waals surface area contributed by atoms with E-state index < -0.39 is 29.1 Å². The van der Waals surface area contributed by atoms with Crippen molar-refractivity contribution in [2.24, 2.45) is 5.92 Å². The molecule has 0 aliphatic carbocycles. The lowest BCUT2D eigenvalue weighted by atomic mass is 9.96. The number of hydrogen-bond acceptors (Lipinski definition) is 6. The summed E-state index contributed by atoms with van der Waals surface area (Å²) >= 11 is 0. The van der Waals surface area contributed by atoms with Crippen LogP contribution in [-0.4, -0.2) is 41.4 Å². The number of piperidine rings is 1. The summed E-state index contributed by atoms with van der Waals surface area (Å²) < 4.78 is 26.7. The van der Waals surface area contributed by atoms with Gasteiger partial charge in [-0.25, -0.2) is 18.7 Å². The predicted molar refractivity (Wildman–Crippen MR) is 99.7 cm³/mol. The number of aromatic nitrogens is 2. The highest BCUT2D eigenvalue weighted by Crippen LogP contribution is 2.23. The number of anilines is 2. The van der Waals surface area contributed by atoms with Gasteiger partial charge in [-0.2, -0.15) is 5.26 Å². The van der Waals surface area contributed by atoms with Crippen molar-refractivity contribution in [3.63, 3.8) is 0 Å². The Morgan fingerprint density at radius 2 is 1.90 bits per heavy atom. The first kappa shape index (κ1) is 20.1. The van der Waals surface area contributed by atoms with Gasteiger partial charge in [-0.3, -0.25) is 9.59 Å². The Balaban J connectivity index is 1.47.